The molecule has 0 saturated heterocycles. The molecule has 1 fully saturated rings. The molecule has 3 nitrogen and oxygen atoms in total. The van der Waals surface area contributed by atoms with Crippen LogP contribution >= 0.6 is 11.3 Å². The van der Waals surface area contributed by atoms with Crippen LogP contribution in [0.2, 0.25) is 0 Å². The van der Waals surface area contributed by atoms with Crippen LogP contribution in [0.1, 0.15) is 24.8 Å². The van der Waals surface area contributed by atoms with Crippen LogP contribution in [0.4, 0.5) is 0 Å². The van der Waals surface area contributed by atoms with Gasteiger partial charge in [-0.05, 0) is 48.1 Å². The largest absolute Gasteiger partial charge is 0.479 e. The maximum atomic E-state index is 11.1. The molecule has 1 N–H and O–H groups in total. The van der Waals surface area contributed by atoms with E-state index in [1.807, 2.05) is 0 Å². The number of methoxy groups -OCH3 is 1. The van der Waals surface area contributed by atoms with Crippen molar-refractivity contribution in [3.63, 3.8) is 0 Å². The van der Waals surface area contributed by atoms with Crippen molar-refractivity contribution in [3.05, 3.63) is 22.4 Å². The molecule has 88 valence electrons. The Bertz CT molecular complexity index is 354. The number of hydrogen-bond donors (Lipinski definition) is 1. The molecular weight excluding hydrogens is 224 g/mol. The monoisotopic (exact) mass is 240 g/mol. The van der Waals surface area contributed by atoms with Crippen molar-refractivity contribution >= 4 is 17.3 Å². The van der Waals surface area contributed by atoms with Gasteiger partial charge in [0.25, 0.3) is 0 Å². The van der Waals surface area contributed by atoms with Gasteiger partial charge in [-0.15, -0.1) is 0 Å². The molecule has 1 unspecified atom stereocenters. The average molecular weight is 240 g/mol. The first-order valence-corrected chi connectivity index (χ1v) is 6.39. The number of carboxylic acid groups (broad SMARTS) is 1. The minimum Gasteiger partial charge on any atom is -0.479 e. The van der Waals surface area contributed by atoms with Crippen LogP contribution in [0.15, 0.2) is 16.8 Å². The van der Waals surface area contributed by atoms with E-state index in [0.717, 1.165) is 25.7 Å². The number of aliphatic carboxylic acids is 1. The highest BCUT2D eigenvalue weighted by Gasteiger charge is 2.52. The number of carbonyl (C=O) groups is 1. The van der Waals surface area contributed by atoms with E-state index in [1.54, 1.807) is 11.3 Å². The molecule has 0 radical (unpaired) electrons. The lowest BCUT2D eigenvalue weighted by atomic mass is 9.91. The van der Waals surface area contributed by atoms with E-state index in [9.17, 15) is 4.79 Å². The smallest absolute Gasteiger partial charge is 0.333 e. The number of aryl methyl sites for hydroxylation is 1. The third kappa shape index (κ3) is 2.28. The number of rotatable bonds is 6. The molecule has 2 rings (SSSR count). The Labute approximate surface area is 99.1 Å². The minimum absolute atomic E-state index is 0.109. The van der Waals surface area contributed by atoms with Gasteiger partial charge in [0.2, 0.25) is 0 Å². The van der Waals surface area contributed by atoms with Gasteiger partial charge in [0, 0.05) is 12.5 Å². The summed E-state index contributed by atoms with van der Waals surface area (Å²) >= 11 is 1.68. The first-order chi connectivity index (χ1) is 7.68. The zero-order chi connectivity index (χ0) is 11.6. The van der Waals surface area contributed by atoms with Crippen molar-refractivity contribution in [1.29, 1.82) is 0 Å². The van der Waals surface area contributed by atoms with Crippen molar-refractivity contribution in [2.24, 2.45) is 5.41 Å². The summed E-state index contributed by atoms with van der Waals surface area (Å²) in [4.78, 5) is 11.1. The zero-order valence-electron chi connectivity index (χ0n) is 9.31. The van der Waals surface area contributed by atoms with Gasteiger partial charge in [-0.2, -0.15) is 11.3 Å². The molecule has 0 aliphatic heterocycles. The van der Waals surface area contributed by atoms with Gasteiger partial charge in [0.15, 0.2) is 6.10 Å². The number of carboxylic acids is 1. The molecular formula is C12H16O3S. The Hall–Kier alpha value is -0.870. The lowest BCUT2D eigenvalue weighted by Crippen LogP contribution is -2.33. The Morgan fingerprint density at radius 2 is 2.44 bits per heavy atom. The summed E-state index contributed by atoms with van der Waals surface area (Å²) in [6, 6.07) is 2.10. The van der Waals surface area contributed by atoms with E-state index in [1.165, 1.54) is 12.7 Å². The van der Waals surface area contributed by atoms with Crippen LogP contribution in [-0.4, -0.2) is 24.3 Å². The predicted molar refractivity (Wildman–Crippen MR) is 62.7 cm³/mol. The van der Waals surface area contributed by atoms with Gasteiger partial charge < -0.3 is 9.84 Å². The summed E-state index contributed by atoms with van der Waals surface area (Å²) in [6.45, 7) is 0. The van der Waals surface area contributed by atoms with Crippen LogP contribution < -0.4 is 0 Å². The van der Waals surface area contributed by atoms with Gasteiger partial charge in [0.05, 0.1) is 0 Å². The molecule has 0 aromatic carbocycles. The second-order valence-electron chi connectivity index (χ2n) is 4.45. The number of thiophene rings is 1. The molecule has 1 aliphatic rings. The van der Waals surface area contributed by atoms with Crippen molar-refractivity contribution in [2.45, 2.75) is 31.8 Å². The van der Waals surface area contributed by atoms with Crippen molar-refractivity contribution < 1.29 is 14.6 Å². The predicted octanol–water partition coefficient (Wildman–Crippen LogP) is 2.56. The fourth-order valence-corrected chi connectivity index (χ4v) is 2.95. The molecule has 1 heterocycles. The maximum Gasteiger partial charge on any atom is 0.333 e. The van der Waals surface area contributed by atoms with Crippen molar-refractivity contribution in [3.8, 4) is 0 Å². The summed E-state index contributed by atoms with van der Waals surface area (Å²) in [7, 11) is 1.49. The van der Waals surface area contributed by atoms with E-state index < -0.39 is 12.1 Å². The van der Waals surface area contributed by atoms with Crippen molar-refractivity contribution in [2.75, 3.05) is 7.11 Å². The second kappa shape index (κ2) is 4.55. The van der Waals surface area contributed by atoms with E-state index in [2.05, 4.69) is 16.8 Å². The van der Waals surface area contributed by atoms with Gasteiger partial charge in [-0.1, -0.05) is 0 Å². The van der Waals surface area contributed by atoms with Gasteiger partial charge >= 0.3 is 5.97 Å². The molecule has 4 heteroatoms. The van der Waals surface area contributed by atoms with E-state index in [4.69, 9.17) is 9.84 Å². The fraction of sp³-hybridized carbons (Fsp3) is 0.583. The Kier molecular flexibility index (Phi) is 3.30. The molecule has 16 heavy (non-hydrogen) atoms. The summed E-state index contributed by atoms with van der Waals surface area (Å²) in [6.07, 6.45) is 3.18. The van der Waals surface area contributed by atoms with Gasteiger partial charge in [-0.3, -0.25) is 0 Å². The van der Waals surface area contributed by atoms with Crippen LogP contribution in [-0.2, 0) is 16.0 Å². The molecule has 1 aromatic rings. The van der Waals surface area contributed by atoms with Crippen LogP contribution in [0.5, 0.6) is 0 Å². The molecule has 1 aromatic heterocycles. The minimum atomic E-state index is -0.828. The lowest BCUT2D eigenvalue weighted by Gasteiger charge is -2.21. The SMILES string of the molecule is COC(C(=O)O)C1(CCc2ccsc2)CC1. The molecule has 1 saturated carbocycles. The number of ether oxygens (including phenoxy) is 1. The zero-order valence-corrected chi connectivity index (χ0v) is 10.1. The molecule has 0 amide bonds. The normalized spacial score (nSPS) is 19.3. The van der Waals surface area contributed by atoms with Gasteiger partial charge in [0.1, 0.15) is 0 Å². The maximum absolute atomic E-state index is 11.1. The quantitative estimate of drug-likeness (QED) is 0.831. The van der Waals surface area contributed by atoms with Crippen molar-refractivity contribution in [1.82, 2.24) is 0 Å². The third-order valence-electron chi connectivity index (χ3n) is 3.40. The molecule has 1 atom stereocenters. The first-order valence-electron chi connectivity index (χ1n) is 5.45. The molecule has 0 spiro atoms. The summed E-state index contributed by atoms with van der Waals surface area (Å²) in [5.74, 6) is -0.828. The first kappa shape index (κ1) is 11.6. The summed E-state index contributed by atoms with van der Waals surface area (Å²) < 4.78 is 5.11. The van der Waals surface area contributed by atoms with E-state index in [-0.39, 0.29) is 5.41 Å². The molecule has 0 bridgehead atoms. The second-order valence-corrected chi connectivity index (χ2v) is 5.23. The van der Waals surface area contributed by atoms with Gasteiger partial charge in [-0.25, -0.2) is 4.79 Å². The Morgan fingerprint density at radius 1 is 1.69 bits per heavy atom. The Morgan fingerprint density at radius 3 is 2.88 bits per heavy atom. The number of hydrogen-bond acceptors (Lipinski definition) is 3. The lowest BCUT2D eigenvalue weighted by molar-refractivity contribution is -0.153. The standard InChI is InChI=1S/C12H16O3S/c1-15-10(11(13)14)12(5-6-12)4-2-9-3-7-16-8-9/h3,7-8,10H,2,4-6H2,1H3,(H,13,14). The topological polar surface area (TPSA) is 46.5 Å². The Balaban J connectivity index is 1.95. The van der Waals surface area contributed by atoms with Crippen LogP contribution in [0, 0.1) is 5.41 Å². The highest BCUT2D eigenvalue weighted by molar-refractivity contribution is 7.07. The van der Waals surface area contributed by atoms with Crippen LogP contribution in [0.25, 0.3) is 0 Å². The van der Waals surface area contributed by atoms with E-state index in [0.29, 0.717) is 0 Å². The highest BCUT2D eigenvalue weighted by Crippen LogP contribution is 2.53. The summed E-state index contributed by atoms with van der Waals surface area (Å²) in [5, 5.41) is 13.3. The van der Waals surface area contributed by atoms with Crippen LogP contribution in [0.3, 0.4) is 0 Å². The average Bonchev–Trinajstić information content (AvgIpc) is 2.84. The molecule has 1 aliphatic carbocycles. The third-order valence-corrected chi connectivity index (χ3v) is 4.13. The summed E-state index contributed by atoms with van der Waals surface area (Å²) in [5.41, 5.74) is 1.19. The fourth-order valence-electron chi connectivity index (χ4n) is 2.24. The highest BCUT2D eigenvalue weighted by atomic mass is 32.1. The van der Waals surface area contributed by atoms with E-state index >= 15 is 0 Å².